The first-order valence-electron chi connectivity index (χ1n) is 7.51. The highest BCUT2D eigenvalue weighted by atomic mass is 35.5. The number of carbonyl (C=O) groups is 3. The molecule has 0 aliphatic rings. The van der Waals surface area contributed by atoms with Crippen LogP contribution in [0.3, 0.4) is 0 Å². The number of nitrogens with one attached hydrogen (secondary N) is 2. The number of halogens is 1. The maximum absolute atomic E-state index is 11.9. The number of amides is 3. The second-order valence-corrected chi connectivity index (χ2v) is 7.00. The number of ether oxygens (including phenoxy) is 1. The number of hydrogen-bond acceptors (Lipinski definition) is 5. The van der Waals surface area contributed by atoms with Gasteiger partial charge in [-0.25, -0.2) is 4.79 Å². The highest BCUT2D eigenvalue weighted by Crippen LogP contribution is 2.25. The first kappa shape index (κ1) is 20.3. The van der Waals surface area contributed by atoms with Crippen molar-refractivity contribution in [1.29, 1.82) is 0 Å². The van der Waals surface area contributed by atoms with E-state index in [4.69, 9.17) is 16.3 Å². The predicted molar refractivity (Wildman–Crippen MR) is 94.2 cm³/mol. The van der Waals surface area contributed by atoms with E-state index in [-0.39, 0.29) is 6.04 Å². The summed E-state index contributed by atoms with van der Waals surface area (Å²) in [5, 5.41) is 4.81. The van der Waals surface area contributed by atoms with E-state index in [0.29, 0.717) is 5.02 Å². The SMILES string of the molecule is CC[C@@H](C)NC(=O)NC(=O)COC(=O)[C@H](C)Sc1ccc(Cl)cc1. The number of imide groups is 1. The Labute approximate surface area is 150 Å². The van der Waals surface area contributed by atoms with Crippen LogP contribution in [0.15, 0.2) is 29.2 Å². The summed E-state index contributed by atoms with van der Waals surface area (Å²) in [6, 6.07) is 6.40. The molecule has 1 rings (SSSR count). The van der Waals surface area contributed by atoms with Crippen LogP contribution in [-0.4, -0.2) is 35.8 Å². The van der Waals surface area contributed by atoms with Crippen LogP contribution in [0.2, 0.25) is 5.02 Å². The van der Waals surface area contributed by atoms with E-state index in [9.17, 15) is 14.4 Å². The van der Waals surface area contributed by atoms with Gasteiger partial charge in [-0.05, 0) is 44.5 Å². The third-order valence-corrected chi connectivity index (χ3v) is 4.39. The van der Waals surface area contributed by atoms with E-state index in [2.05, 4.69) is 10.6 Å². The molecule has 0 radical (unpaired) electrons. The van der Waals surface area contributed by atoms with Gasteiger partial charge in [0.15, 0.2) is 6.61 Å². The van der Waals surface area contributed by atoms with Gasteiger partial charge in [-0.2, -0.15) is 0 Å². The molecule has 0 aliphatic heterocycles. The Balaban J connectivity index is 2.35. The molecule has 24 heavy (non-hydrogen) atoms. The second-order valence-electron chi connectivity index (χ2n) is 5.15. The van der Waals surface area contributed by atoms with Crippen LogP contribution in [0.1, 0.15) is 27.2 Å². The minimum Gasteiger partial charge on any atom is -0.455 e. The smallest absolute Gasteiger partial charge is 0.321 e. The van der Waals surface area contributed by atoms with Crippen molar-refractivity contribution in [3.8, 4) is 0 Å². The Morgan fingerprint density at radius 3 is 2.42 bits per heavy atom. The second kappa shape index (κ2) is 10.2. The van der Waals surface area contributed by atoms with Crippen molar-refractivity contribution in [3.63, 3.8) is 0 Å². The summed E-state index contributed by atoms with van der Waals surface area (Å²) in [6.07, 6.45) is 0.746. The monoisotopic (exact) mass is 372 g/mol. The summed E-state index contributed by atoms with van der Waals surface area (Å²) in [6.45, 7) is 4.90. The Kier molecular flexibility index (Phi) is 8.63. The number of benzene rings is 1. The van der Waals surface area contributed by atoms with Crippen molar-refractivity contribution in [3.05, 3.63) is 29.3 Å². The van der Waals surface area contributed by atoms with Crippen LogP contribution in [0, 0.1) is 0 Å². The van der Waals surface area contributed by atoms with E-state index >= 15 is 0 Å². The van der Waals surface area contributed by atoms with Crippen LogP contribution in [0.25, 0.3) is 0 Å². The average molecular weight is 373 g/mol. The summed E-state index contributed by atoms with van der Waals surface area (Å²) in [5.74, 6) is -1.21. The van der Waals surface area contributed by atoms with Crippen LogP contribution in [0.5, 0.6) is 0 Å². The zero-order valence-corrected chi connectivity index (χ0v) is 15.4. The third-order valence-electron chi connectivity index (χ3n) is 3.05. The molecule has 0 saturated heterocycles. The lowest BCUT2D eigenvalue weighted by molar-refractivity contribution is -0.147. The molecule has 6 nitrogen and oxygen atoms in total. The summed E-state index contributed by atoms with van der Waals surface area (Å²) in [4.78, 5) is 35.8. The largest absolute Gasteiger partial charge is 0.455 e. The van der Waals surface area contributed by atoms with Gasteiger partial charge in [0.1, 0.15) is 5.25 Å². The summed E-state index contributed by atoms with van der Waals surface area (Å²) < 4.78 is 4.92. The lowest BCUT2D eigenvalue weighted by Gasteiger charge is -2.13. The van der Waals surface area contributed by atoms with Gasteiger partial charge >= 0.3 is 12.0 Å². The molecule has 0 unspecified atom stereocenters. The number of rotatable bonds is 7. The standard InChI is InChI=1S/C16H21ClN2O4S/c1-4-10(2)18-16(22)19-14(20)9-23-15(21)11(3)24-13-7-5-12(17)6-8-13/h5-8,10-11H,4,9H2,1-3H3,(H2,18,19,20,22)/t10-,11+/m1/s1. The van der Waals surface area contributed by atoms with Crippen LogP contribution >= 0.6 is 23.4 Å². The van der Waals surface area contributed by atoms with E-state index in [1.807, 2.05) is 13.8 Å². The Morgan fingerprint density at radius 1 is 1.21 bits per heavy atom. The molecule has 0 bridgehead atoms. The van der Waals surface area contributed by atoms with Gasteiger partial charge in [-0.15, -0.1) is 11.8 Å². The van der Waals surface area contributed by atoms with Crippen molar-refractivity contribution in [2.45, 2.75) is 43.4 Å². The van der Waals surface area contributed by atoms with E-state index < -0.39 is 29.8 Å². The minimum absolute atomic E-state index is 0.0452. The molecule has 0 fully saturated rings. The molecular formula is C16H21ClN2O4S. The Bertz CT molecular complexity index is 580. The Morgan fingerprint density at radius 2 is 1.83 bits per heavy atom. The first-order valence-corrected chi connectivity index (χ1v) is 8.76. The molecule has 0 spiro atoms. The number of urea groups is 1. The van der Waals surface area contributed by atoms with E-state index in [0.717, 1.165) is 11.3 Å². The van der Waals surface area contributed by atoms with Gasteiger partial charge in [-0.3, -0.25) is 14.9 Å². The van der Waals surface area contributed by atoms with Gasteiger partial charge in [0.2, 0.25) is 0 Å². The van der Waals surface area contributed by atoms with Crippen molar-refractivity contribution in [2.24, 2.45) is 0 Å². The van der Waals surface area contributed by atoms with E-state index in [1.165, 1.54) is 11.8 Å². The third kappa shape index (κ3) is 7.70. The molecule has 1 aromatic carbocycles. The maximum Gasteiger partial charge on any atom is 0.321 e. The normalized spacial score (nSPS) is 12.8. The van der Waals surface area contributed by atoms with Gasteiger partial charge in [0.25, 0.3) is 5.91 Å². The first-order chi connectivity index (χ1) is 11.3. The predicted octanol–water partition coefficient (Wildman–Crippen LogP) is 2.99. The molecule has 2 atom stereocenters. The van der Waals surface area contributed by atoms with Gasteiger partial charge in [0, 0.05) is 16.0 Å². The molecule has 3 amide bonds. The van der Waals surface area contributed by atoms with Gasteiger partial charge < -0.3 is 10.1 Å². The maximum atomic E-state index is 11.9. The van der Waals surface area contributed by atoms with Crippen LogP contribution in [0.4, 0.5) is 4.79 Å². The van der Waals surface area contributed by atoms with Crippen LogP contribution in [-0.2, 0) is 14.3 Å². The fraction of sp³-hybridized carbons (Fsp3) is 0.438. The molecule has 132 valence electrons. The lowest BCUT2D eigenvalue weighted by atomic mass is 10.3. The summed E-state index contributed by atoms with van der Waals surface area (Å²) >= 11 is 7.09. The van der Waals surface area contributed by atoms with Gasteiger partial charge in [-0.1, -0.05) is 18.5 Å². The van der Waals surface area contributed by atoms with E-state index in [1.54, 1.807) is 31.2 Å². The molecule has 0 saturated carbocycles. The van der Waals surface area contributed by atoms with Crippen molar-refractivity contribution < 1.29 is 19.1 Å². The molecule has 8 heteroatoms. The van der Waals surface area contributed by atoms with Crippen LogP contribution < -0.4 is 10.6 Å². The van der Waals surface area contributed by atoms with Crippen molar-refractivity contribution in [2.75, 3.05) is 6.61 Å². The molecule has 0 aromatic heterocycles. The highest BCUT2D eigenvalue weighted by molar-refractivity contribution is 8.00. The molecule has 1 aromatic rings. The number of hydrogen-bond donors (Lipinski definition) is 2. The van der Waals surface area contributed by atoms with Crippen molar-refractivity contribution >= 4 is 41.3 Å². The fourth-order valence-corrected chi connectivity index (χ4v) is 2.54. The lowest BCUT2D eigenvalue weighted by Crippen LogP contribution is -2.44. The zero-order valence-electron chi connectivity index (χ0n) is 13.8. The molecular weight excluding hydrogens is 352 g/mol. The number of esters is 1. The summed E-state index contributed by atoms with van der Waals surface area (Å²) in [7, 11) is 0. The van der Waals surface area contributed by atoms with Gasteiger partial charge in [0.05, 0.1) is 0 Å². The summed E-state index contributed by atoms with van der Waals surface area (Å²) in [5.41, 5.74) is 0. The molecule has 0 aliphatic carbocycles. The topological polar surface area (TPSA) is 84.5 Å². The average Bonchev–Trinajstić information content (AvgIpc) is 2.54. The fourth-order valence-electron chi connectivity index (χ4n) is 1.54. The molecule has 2 N–H and O–H groups in total. The zero-order chi connectivity index (χ0) is 18.1. The number of thioether (sulfide) groups is 1. The molecule has 0 heterocycles. The highest BCUT2D eigenvalue weighted by Gasteiger charge is 2.18. The van der Waals surface area contributed by atoms with Crippen molar-refractivity contribution in [1.82, 2.24) is 10.6 Å². The minimum atomic E-state index is -0.673. The quantitative estimate of drug-likeness (QED) is 0.567. The number of carbonyl (C=O) groups excluding carboxylic acids is 3. The Hall–Kier alpha value is -1.73.